The molecule has 1 aromatic rings. The van der Waals surface area contributed by atoms with Gasteiger partial charge in [-0.05, 0) is 32.0 Å². The molecule has 1 rings (SSSR count). The Morgan fingerprint density at radius 3 is 2.53 bits per heavy atom. The summed E-state index contributed by atoms with van der Waals surface area (Å²) < 4.78 is 18.6. The van der Waals surface area contributed by atoms with Gasteiger partial charge in [0.2, 0.25) is 0 Å². The van der Waals surface area contributed by atoms with Crippen molar-refractivity contribution < 1.29 is 23.8 Å². The van der Waals surface area contributed by atoms with Gasteiger partial charge in [0, 0.05) is 7.11 Å². The van der Waals surface area contributed by atoms with Gasteiger partial charge in [-0.1, -0.05) is 0 Å². The third-order valence-corrected chi connectivity index (χ3v) is 2.42. The highest BCUT2D eigenvalue weighted by Gasteiger charge is 2.23. The van der Waals surface area contributed by atoms with E-state index in [0.29, 0.717) is 0 Å². The summed E-state index contributed by atoms with van der Waals surface area (Å²) in [5, 5.41) is 11.3. The molecule has 1 aromatic carbocycles. The first kappa shape index (κ1) is 15.1. The van der Waals surface area contributed by atoms with E-state index in [4.69, 9.17) is 9.84 Å². The van der Waals surface area contributed by atoms with Crippen molar-refractivity contribution in [3.8, 4) is 0 Å². The molecule has 0 unspecified atom stereocenters. The van der Waals surface area contributed by atoms with Crippen LogP contribution in [-0.4, -0.2) is 36.2 Å². The highest BCUT2D eigenvalue weighted by molar-refractivity contribution is 5.96. The lowest BCUT2D eigenvalue weighted by atomic mass is 10.0. The van der Waals surface area contributed by atoms with E-state index in [0.717, 1.165) is 12.1 Å². The van der Waals surface area contributed by atoms with Gasteiger partial charge in [-0.2, -0.15) is 0 Å². The van der Waals surface area contributed by atoms with Gasteiger partial charge in [-0.3, -0.25) is 4.79 Å². The molecule has 19 heavy (non-hydrogen) atoms. The van der Waals surface area contributed by atoms with Crippen LogP contribution in [0.1, 0.15) is 34.6 Å². The normalized spacial score (nSPS) is 11.2. The number of methoxy groups -OCH3 is 1. The number of aromatic carboxylic acids is 1. The Morgan fingerprint density at radius 2 is 2.05 bits per heavy atom. The zero-order valence-electron chi connectivity index (χ0n) is 11.0. The molecule has 0 aliphatic heterocycles. The third-order valence-electron chi connectivity index (χ3n) is 2.42. The first-order chi connectivity index (χ1) is 8.76. The van der Waals surface area contributed by atoms with Crippen LogP contribution in [0.15, 0.2) is 18.2 Å². The average molecular weight is 269 g/mol. The number of nitrogens with one attached hydrogen (secondary N) is 1. The Labute approximate surface area is 110 Å². The number of benzene rings is 1. The first-order valence-corrected chi connectivity index (χ1v) is 5.61. The number of hydrogen-bond acceptors (Lipinski definition) is 3. The molecule has 0 saturated carbocycles. The molecule has 0 heterocycles. The molecule has 104 valence electrons. The maximum absolute atomic E-state index is 13.7. The Balaban J connectivity index is 2.92. The van der Waals surface area contributed by atoms with Gasteiger partial charge in [-0.25, -0.2) is 9.18 Å². The van der Waals surface area contributed by atoms with Gasteiger partial charge in [-0.15, -0.1) is 0 Å². The van der Waals surface area contributed by atoms with Crippen LogP contribution in [0.4, 0.5) is 4.39 Å². The second-order valence-corrected chi connectivity index (χ2v) is 4.77. The van der Waals surface area contributed by atoms with Crippen molar-refractivity contribution in [1.82, 2.24) is 5.32 Å². The SMILES string of the molecule is COCC(C)(C)NC(=O)c1ccc(C(=O)O)cc1F. The fourth-order valence-corrected chi connectivity index (χ4v) is 1.60. The highest BCUT2D eigenvalue weighted by Crippen LogP contribution is 2.12. The van der Waals surface area contributed by atoms with Gasteiger partial charge >= 0.3 is 5.97 Å². The second kappa shape index (κ2) is 5.79. The first-order valence-electron chi connectivity index (χ1n) is 5.61. The smallest absolute Gasteiger partial charge is 0.335 e. The van der Waals surface area contributed by atoms with E-state index >= 15 is 0 Å². The average Bonchev–Trinajstić information content (AvgIpc) is 2.27. The molecule has 2 N–H and O–H groups in total. The van der Waals surface area contributed by atoms with E-state index < -0.39 is 23.2 Å². The number of carbonyl (C=O) groups excluding carboxylic acids is 1. The fourth-order valence-electron chi connectivity index (χ4n) is 1.60. The van der Waals surface area contributed by atoms with Crippen LogP contribution in [-0.2, 0) is 4.74 Å². The quantitative estimate of drug-likeness (QED) is 0.852. The van der Waals surface area contributed by atoms with E-state index in [2.05, 4.69) is 5.32 Å². The van der Waals surface area contributed by atoms with E-state index in [1.165, 1.54) is 13.2 Å². The molecule has 0 bridgehead atoms. The molecular weight excluding hydrogens is 253 g/mol. The number of carbonyl (C=O) groups is 2. The molecular formula is C13H16FNO4. The summed E-state index contributed by atoms with van der Waals surface area (Å²) in [5.41, 5.74) is -1.05. The highest BCUT2D eigenvalue weighted by atomic mass is 19.1. The number of halogens is 1. The van der Waals surface area contributed by atoms with Gasteiger partial charge < -0.3 is 15.2 Å². The maximum atomic E-state index is 13.7. The van der Waals surface area contributed by atoms with Crippen LogP contribution >= 0.6 is 0 Å². The molecule has 5 nitrogen and oxygen atoms in total. The van der Waals surface area contributed by atoms with Crippen molar-refractivity contribution in [2.45, 2.75) is 19.4 Å². The van der Waals surface area contributed by atoms with E-state index in [9.17, 15) is 14.0 Å². The molecule has 0 radical (unpaired) electrons. The predicted octanol–water partition coefficient (Wildman–Crippen LogP) is 1.68. The summed E-state index contributed by atoms with van der Waals surface area (Å²) in [4.78, 5) is 22.5. The monoisotopic (exact) mass is 269 g/mol. The minimum absolute atomic E-state index is 0.200. The Bertz CT molecular complexity index is 499. The number of carboxylic acids is 1. The number of rotatable bonds is 5. The van der Waals surface area contributed by atoms with Crippen molar-refractivity contribution in [1.29, 1.82) is 0 Å². The fraction of sp³-hybridized carbons (Fsp3) is 0.385. The largest absolute Gasteiger partial charge is 0.478 e. The van der Waals surface area contributed by atoms with Gasteiger partial charge in [0.25, 0.3) is 5.91 Å². The van der Waals surface area contributed by atoms with Crippen LogP contribution in [0, 0.1) is 5.82 Å². The summed E-state index contributed by atoms with van der Waals surface area (Å²) >= 11 is 0. The predicted molar refractivity (Wildman–Crippen MR) is 66.8 cm³/mol. The summed E-state index contributed by atoms with van der Waals surface area (Å²) in [6.07, 6.45) is 0. The molecule has 0 atom stereocenters. The molecule has 0 fully saturated rings. The van der Waals surface area contributed by atoms with Crippen LogP contribution in [0.3, 0.4) is 0 Å². The van der Waals surface area contributed by atoms with Gasteiger partial charge in [0.15, 0.2) is 0 Å². The van der Waals surface area contributed by atoms with Gasteiger partial charge in [0.1, 0.15) is 5.82 Å². The number of hydrogen-bond donors (Lipinski definition) is 2. The Hall–Kier alpha value is -1.95. The molecule has 1 amide bonds. The van der Waals surface area contributed by atoms with E-state index in [-0.39, 0.29) is 17.7 Å². The summed E-state index contributed by atoms with van der Waals surface area (Å²) in [6, 6.07) is 3.15. The molecule has 0 aromatic heterocycles. The summed E-state index contributed by atoms with van der Waals surface area (Å²) in [7, 11) is 1.50. The standard InChI is InChI=1S/C13H16FNO4/c1-13(2,7-19-3)15-11(16)9-5-4-8(12(17)18)6-10(9)14/h4-6H,7H2,1-3H3,(H,15,16)(H,17,18). The van der Waals surface area contributed by atoms with Crippen molar-refractivity contribution in [2.75, 3.05) is 13.7 Å². The van der Waals surface area contributed by atoms with E-state index in [1.54, 1.807) is 13.8 Å². The minimum Gasteiger partial charge on any atom is -0.478 e. The topological polar surface area (TPSA) is 75.6 Å². The van der Waals surface area contributed by atoms with E-state index in [1.807, 2.05) is 0 Å². The third kappa shape index (κ3) is 4.03. The lowest BCUT2D eigenvalue weighted by Gasteiger charge is -2.25. The van der Waals surface area contributed by atoms with Crippen LogP contribution in [0.5, 0.6) is 0 Å². The Kier molecular flexibility index (Phi) is 4.61. The molecule has 0 aliphatic rings. The van der Waals surface area contributed by atoms with Crippen molar-refractivity contribution in [2.24, 2.45) is 0 Å². The molecule has 0 aliphatic carbocycles. The van der Waals surface area contributed by atoms with Gasteiger partial charge in [0.05, 0.1) is 23.3 Å². The van der Waals surface area contributed by atoms with Crippen molar-refractivity contribution in [3.63, 3.8) is 0 Å². The molecule has 0 saturated heterocycles. The number of ether oxygens (including phenoxy) is 1. The van der Waals surface area contributed by atoms with Crippen LogP contribution in [0.25, 0.3) is 0 Å². The minimum atomic E-state index is -1.24. The number of amides is 1. The Morgan fingerprint density at radius 1 is 1.42 bits per heavy atom. The van der Waals surface area contributed by atoms with Crippen molar-refractivity contribution >= 4 is 11.9 Å². The molecule has 0 spiro atoms. The summed E-state index contributed by atoms with van der Waals surface area (Å²) in [5.74, 6) is -2.73. The maximum Gasteiger partial charge on any atom is 0.335 e. The number of carboxylic acid groups (broad SMARTS) is 1. The van der Waals surface area contributed by atoms with Crippen LogP contribution < -0.4 is 5.32 Å². The van der Waals surface area contributed by atoms with Crippen LogP contribution in [0.2, 0.25) is 0 Å². The second-order valence-electron chi connectivity index (χ2n) is 4.77. The zero-order chi connectivity index (χ0) is 14.6. The summed E-state index contributed by atoms with van der Waals surface area (Å²) in [6.45, 7) is 3.74. The molecule has 6 heteroatoms. The van der Waals surface area contributed by atoms with Crippen molar-refractivity contribution in [3.05, 3.63) is 35.1 Å². The lowest BCUT2D eigenvalue weighted by molar-refractivity contribution is 0.0694. The zero-order valence-corrected chi connectivity index (χ0v) is 11.0. The lowest BCUT2D eigenvalue weighted by Crippen LogP contribution is -2.47.